The van der Waals surface area contributed by atoms with Crippen LogP contribution in [0, 0.1) is 0 Å². The van der Waals surface area contributed by atoms with Gasteiger partial charge in [-0.1, -0.05) is 13.8 Å². The van der Waals surface area contributed by atoms with Crippen LogP contribution in [0.2, 0.25) is 0 Å². The largest absolute Gasteiger partial charge is 0.373 e. The van der Waals surface area contributed by atoms with E-state index >= 15 is 0 Å². The number of carbonyl (C=O) groups is 1. The molecule has 0 aliphatic heterocycles. The lowest BCUT2D eigenvalue weighted by Crippen LogP contribution is -2.30. The molecule has 0 unspecified atom stereocenters. The molecule has 1 aromatic rings. The molecule has 4 nitrogen and oxygen atoms in total. The molecule has 4 heteroatoms. The van der Waals surface area contributed by atoms with Crippen LogP contribution in [0.15, 0.2) is 12.1 Å². The van der Waals surface area contributed by atoms with Crippen LogP contribution in [0.5, 0.6) is 0 Å². The summed E-state index contributed by atoms with van der Waals surface area (Å²) < 4.78 is 0. The van der Waals surface area contributed by atoms with Gasteiger partial charge in [0.1, 0.15) is 5.82 Å². The number of hydrogen-bond acceptors (Lipinski definition) is 3. The first kappa shape index (κ1) is 13.5. The molecule has 0 radical (unpaired) electrons. The molecule has 94 valence electrons. The molecule has 0 atom stereocenters. The van der Waals surface area contributed by atoms with E-state index in [4.69, 9.17) is 0 Å². The molecule has 0 fully saturated rings. The van der Waals surface area contributed by atoms with Crippen LogP contribution in [-0.4, -0.2) is 24.0 Å². The van der Waals surface area contributed by atoms with Crippen molar-refractivity contribution in [3.63, 3.8) is 0 Å². The SMILES string of the molecule is CNc1cc(C(=O)NC(C)C)cc(C(C)C)n1. The van der Waals surface area contributed by atoms with E-state index in [1.807, 2.05) is 19.9 Å². The van der Waals surface area contributed by atoms with E-state index in [9.17, 15) is 4.79 Å². The Balaban J connectivity index is 3.06. The third kappa shape index (κ3) is 3.73. The fourth-order valence-corrected chi connectivity index (χ4v) is 1.45. The van der Waals surface area contributed by atoms with Crippen molar-refractivity contribution in [2.75, 3.05) is 12.4 Å². The van der Waals surface area contributed by atoms with Crippen LogP contribution in [0.25, 0.3) is 0 Å². The predicted octanol–water partition coefficient (Wildman–Crippen LogP) is 2.38. The number of amides is 1. The van der Waals surface area contributed by atoms with Gasteiger partial charge in [0, 0.05) is 24.3 Å². The maximum absolute atomic E-state index is 11.9. The van der Waals surface area contributed by atoms with Crippen molar-refractivity contribution < 1.29 is 4.79 Å². The van der Waals surface area contributed by atoms with Gasteiger partial charge in [-0.15, -0.1) is 0 Å². The van der Waals surface area contributed by atoms with E-state index in [2.05, 4.69) is 29.5 Å². The first-order valence-corrected chi connectivity index (χ1v) is 5.94. The molecule has 0 saturated carbocycles. The summed E-state index contributed by atoms with van der Waals surface area (Å²) in [5, 5.41) is 5.86. The monoisotopic (exact) mass is 235 g/mol. The van der Waals surface area contributed by atoms with Crippen LogP contribution in [0.4, 0.5) is 5.82 Å². The molecular formula is C13H21N3O. The fourth-order valence-electron chi connectivity index (χ4n) is 1.45. The van der Waals surface area contributed by atoms with E-state index in [1.54, 1.807) is 13.1 Å². The van der Waals surface area contributed by atoms with E-state index in [-0.39, 0.29) is 11.9 Å². The Morgan fingerprint density at radius 2 is 1.88 bits per heavy atom. The quantitative estimate of drug-likeness (QED) is 0.842. The zero-order valence-corrected chi connectivity index (χ0v) is 11.2. The zero-order valence-electron chi connectivity index (χ0n) is 11.2. The summed E-state index contributed by atoms with van der Waals surface area (Å²) in [6.07, 6.45) is 0. The number of nitrogens with one attached hydrogen (secondary N) is 2. The smallest absolute Gasteiger partial charge is 0.251 e. The second-order valence-corrected chi connectivity index (χ2v) is 4.70. The maximum Gasteiger partial charge on any atom is 0.251 e. The van der Waals surface area contributed by atoms with Crippen molar-refractivity contribution in [2.45, 2.75) is 39.7 Å². The molecule has 0 aliphatic carbocycles. The van der Waals surface area contributed by atoms with Crippen LogP contribution < -0.4 is 10.6 Å². The Morgan fingerprint density at radius 1 is 1.24 bits per heavy atom. The van der Waals surface area contributed by atoms with Gasteiger partial charge in [-0.25, -0.2) is 4.98 Å². The minimum atomic E-state index is -0.0548. The lowest BCUT2D eigenvalue weighted by atomic mass is 10.1. The maximum atomic E-state index is 11.9. The lowest BCUT2D eigenvalue weighted by Gasteiger charge is -2.12. The van der Waals surface area contributed by atoms with Crippen molar-refractivity contribution in [2.24, 2.45) is 0 Å². The van der Waals surface area contributed by atoms with Gasteiger partial charge < -0.3 is 10.6 Å². The van der Waals surface area contributed by atoms with Crippen molar-refractivity contribution >= 4 is 11.7 Å². The minimum Gasteiger partial charge on any atom is -0.373 e. The number of hydrogen-bond donors (Lipinski definition) is 2. The van der Waals surface area contributed by atoms with Crippen LogP contribution >= 0.6 is 0 Å². The van der Waals surface area contributed by atoms with Crippen molar-refractivity contribution in [3.05, 3.63) is 23.4 Å². The summed E-state index contributed by atoms with van der Waals surface area (Å²) in [5.74, 6) is 0.972. The first-order valence-electron chi connectivity index (χ1n) is 5.94. The highest BCUT2D eigenvalue weighted by atomic mass is 16.1. The van der Waals surface area contributed by atoms with E-state index in [0.29, 0.717) is 11.5 Å². The Labute approximate surface area is 103 Å². The van der Waals surface area contributed by atoms with Gasteiger partial charge in [0.25, 0.3) is 5.91 Å². The summed E-state index contributed by atoms with van der Waals surface area (Å²) in [6, 6.07) is 3.75. The summed E-state index contributed by atoms with van der Waals surface area (Å²) in [5.41, 5.74) is 1.58. The van der Waals surface area contributed by atoms with Crippen molar-refractivity contribution in [1.29, 1.82) is 0 Å². The minimum absolute atomic E-state index is 0.0548. The van der Waals surface area contributed by atoms with Crippen LogP contribution in [-0.2, 0) is 0 Å². The van der Waals surface area contributed by atoms with Gasteiger partial charge in [-0.3, -0.25) is 4.79 Å². The standard InChI is InChI=1S/C13H21N3O/c1-8(2)11-6-10(7-12(14-5)16-11)13(17)15-9(3)4/h6-9H,1-5H3,(H,14,16)(H,15,17). The number of carbonyl (C=O) groups excluding carboxylic acids is 1. The zero-order chi connectivity index (χ0) is 13.0. The highest BCUT2D eigenvalue weighted by Gasteiger charge is 2.12. The lowest BCUT2D eigenvalue weighted by molar-refractivity contribution is 0.0943. The van der Waals surface area contributed by atoms with E-state index < -0.39 is 0 Å². The number of anilines is 1. The molecule has 0 bridgehead atoms. The molecule has 0 saturated heterocycles. The van der Waals surface area contributed by atoms with Crippen molar-refractivity contribution in [1.82, 2.24) is 10.3 Å². The third-order valence-electron chi connectivity index (χ3n) is 2.37. The number of nitrogens with zero attached hydrogens (tertiary/aromatic N) is 1. The molecule has 1 rings (SSSR count). The van der Waals surface area contributed by atoms with Crippen LogP contribution in [0.3, 0.4) is 0 Å². The molecule has 17 heavy (non-hydrogen) atoms. The van der Waals surface area contributed by atoms with Gasteiger partial charge in [0.05, 0.1) is 0 Å². The molecule has 1 heterocycles. The van der Waals surface area contributed by atoms with E-state index in [1.165, 1.54) is 0 Å². The molecule has 2 N–H and O–H groups in total. The molecule has 1 aromatic heterocycles. The van der Waals surface area contributed by atoms with Gasteiger partial charge in [0.15, 0.2) is 0 Å². The summed E-state index contributed by atoms with van der Waals surface area (Å²) in [7, 11) is 1.80. The second kappa shape index (κ2) is 5.66. The highest BCUT2D eigenvalue weighted by Crippen LogP contribution is 2.17. The van der Waals surface area contributed by atoms with Gasteiger partial charge >= 0.3 is 0 Å². The van der Waals surface area contributed by atoms with Crippen LogP contribution in [0.1, 0.15) is 49.7 Å². The summed E-state index contributed by atoms with van der Waals surface area (Å²) in [6.45, 7) is 8.01. The van der Waals surface area contributed by atoms with Crippen molar-refractivity contribution in [3.8, 4) is 0 Å². The Morgan fingerprint density at radius 3 is 2.35 bits per heavy atom. The molecule has 0 aromatic carbocycles. The Bertz CT molecular complexity index is 400. The second-order valence-electron chi connectivity index (χ2n) is 4.70. The first-order chi connectivity index (χ1) is 7.93. The third-order valence-corrected chi connectivity index (χ3v) is 2.37. The predicted molar refractivity (Wildman–Crippen MR) is 70.5 cm³/mol. The average Bonchev–Trinajstić information content (AvgIpc) is 2.27. The van der Waals surface area contributed by atoms with Gasteiger partial charge in [-0.2, -0.15) is 0 Å². The topological polar surface area (TPSA) is 54.0 Å². The number of rotatable bonds is 4. The van der Waals surface area contributed by atoms with Gasteiger partial charge in [-0.05, 0) is 31.9 Å². The average molecular weight is 235 g/mol. The Hall–Kier alpha value is -1.58. The number of aromatic nitrogens is 1. The molecular weight excluding hydrogens is 214 g/mol. The molecule has 0 spiro atoms. The van der Waals surface area contributed by atoms with E-state index in [0.717, 1.165) is 11.5 Å². The number of pyridine rings is 1. The Kier molecular flexibility index (Phi) is 4.49. The summed E-state index contributed by atoms with van der Waals surface area (Å²) in [4.78, 5) is 16.4. The van der Waals surface area contributed by atoms with Gasteiger partial charge in [0.2, 0.25) is 0 Å². The normalized spacial score (nSPS) is 10.8. The highest BCUT2D eigenvalue weighted by molar-refractivity contribution is 5.95. The molecule has 0 aliphatic rings. The fraction of sp³-hybridized carbons (Fsp3) is 0.538. The molecule has 1 amide bonds. The summed E-state index contributed by atoms with van der Waals surface area (Å²) >= 11 is 0.